The van der Waals surface area contributed by atoms with E-state index in [1.54, 1.807) is 7.05 Å². The fraction of sp³-hybridized carbons (Fsp3) is 0.400. The van der Waals surface area contributed by atoms with Gasteiger partial charge in [-0.1, -0.05) is 0 Å². The molecule has 0 fully saturated rings. The summed E-state index contributed by atoms with van der Waals surface area (Å²) in [5.74, 6) is -0.504. The van der Waals surface area contributed by atoms with Gasteiger partial charge in [-0.25, -0.2) is 4.79 Å². The Hall–Kier alpha value is -1.78. The molecule has 5 heteroatoms. The molecule has 0 aromatic carbocycles. The first-order chi connectivity index (χ1) is 6.95. The Morgan fingerprint density at radius 2 is 1.67 bits per heavy atom. The minimum Gasteiger partial charge on any atom is -0.407 e. The molecule has 0 N–H and O–H groups in total. The van der Waals surface area contributed by atoms with Gasteiger partial charge in [0.2, 0.25) is 0 Å². The molecule has 0 bridgehead atoms. The van der Waals surface area contributed by atoms with Crippen molar-refractivity contribution in [3.63, 3.8) is 0 Å². The van der Waals surface area contributed by atoms with Crippen molar-refractivity contribution >= 4 is 11.1 Å². The van der Waals surface area contributed by atoms with E-state index in [0.29, 0.717) is 11.1 Å². The van der Waals surface area contributed by atoms with E-state index in [1.807, 2.05) is 13.8 Å². The highest BCUT2D eigenvalue weighted by atomic mass is 16.4. The lowest BCUT2D eigenvalue weighted by Crippen LogP contribution is -2.23. The first-order valence-corrected chi connectivity index (χ1v) is 4.61. The topological polar surface area (TPSA) is 57.1 Å². The van der Waals surface area contributed by atoms with Crippen LogP contribution in [0.5, 0.6) is 0 Å². The highest BCUT2D eigenvalue weighted by Gasteiger charge is 2.16. The van der Waals surface area contributed by atoms with Crippen LogP contribution >= 0.6 is 0 Å². The largest absolute Gasteiger partial charge is 0.419 e. The number of pyridine rings is 1. The Balaban J connectivity index is 3.22. The van der Waals surface area contributed by atoms with Crippen molar-refractivity contribution in [2.75, 3.05) is 0 Å². The Bertz CT molecular complexity index is 658. The number of oxazole rings is 1. The molecule has 0 amide bonds. The smallest absolute Gasteiger partial charge is 0.407 e. The van der Waals surface area contributed by atoms with Crippen LogP contribution in [0.25, 0.3) is 11.1 Å². The second kappa shape index (κ2) is 2.85. The highest BCUT2D eigenvalue weighted by Crippen LogP contribution is 2.15. The van der Waals surface area contributed by atoms with E-state index in [0.717, 1.165) is 11.3 Å². The predicted molar refractivity (Wildman–Crippen MR) is 56.2 cm³/mol. The molecule has 0 unspecified atom stereocenters. The average Bonchev–Trinajstić information content (AvgIpc) is 2.50. The van der Waals surface area contributed by atoms with Crippen molar-refractivity contribution in [1.29, 1.82) is 0 Å². The van der Waals surface area contributed by atoms with E-state index in [-0.39, 0.29) is 5.56 Å². The molecule has 0 aliphatic carbocycles. The molecule has 15 heavy (non-hydrogen) atoms. The molecular formula is C10H12N2O3. The average molecular weight is 208 g/mol. The van der Waals surface area contributed by atoms with Gasteiger partial charge in [0.05, 0.1) is 0 Å². The zero-order chi connectivity index (χ0) is 11.3. The van der Waals surface area contributed by atoms with Gasteiger partial charge in [-0.3, -0.25) is 9.36 Å². The number of fused-ring (bicyclic) bond motifs is 1. The Labute approximate surface area is 85.5 Å². The minimum atomic E-state index is -0.504. The number of aryl methyl sites for hydroxylation is 2. The Morgan fingerprint density at radius 1 is 1.07 bits per heavy atom. The maximum absolute atomic E-state index is 11.9. The molecule has 2 heterocycles. The third kappa shape index (κ3) is 1.09. The highest BCUT2D eigenvalue weighted by molar-refractivity contribution is 5.76. The monoisotopic (exact) mass is 208 g/mol. The van der Waals surface area contributed by atoms with Crippen LogP contribution in [0.15, 0.2) is 14.0 Å². The maximum atomic E-state index is 11.9. The van der Waals surface area contributed by atoms with Crippen LogP contribution in [0, 0.1) is 13.8 Å². The van der Waals surface area contributed by atoms with Gasteiger partial charge >= 0.3 is 5.76 Å². The lowest BCUT2D eigenvalue weighted by Gasteiger charge is -2.06. The summed E-state index contributed by atoms with van der Waals surface area (Å²) in [4.78, 5) is 23.2. The molecule has 0 saturated heterocycles. The van der Waals surface area contributed by atoms with E-state index in [9.17, 15) is 9.59 Å². The summed E-state index contributed by atoms with van der Waals surface area (Å²) in [6, 6.07) is 0. The molecule has 2 aromatic heterocycles. The summed E-state index contributed by atoms with van der Waals surface area (Å²) in [5, 5.41) is 0. The van der Waals surface area contributed by atoms with Crippen molar-refractivity contribution in [3.05, 3.63) is 32.2 Å². The molecule has 0 saturated carbocycles. The molecule has 80 valence electrons. The number of nitrogens with zero attached hydrogens (tertiary/aromatic N) is 2. The maximum Gasteiger partial charge on any atom is 0.419 e. The molecule has 2 aromatic rings. The fourth-order valence-electron chi connectivity index (χ4n) is 1.67. The molecular weight excluding hydrogens is 196 g/mol. The van der Waals surface area contributed by atoms with Crippen molar-refractivity contribution in [2.45, 2.75) is 13.8 Å². The number of hydrogen-bond donors (Lipinski definition) is 0. The van der Waals surface area contributed by atoms with Crippen molar-refractivity contribution in [1.82, 2.24) is 9.13 Å². The summed E-state index contributed by atoms with van der Waals surface area (Å²) in [7, 11) is 3.21. The summed E-state index contributed by atoms with van der Waals surface area (Å²) in [6.45, 7) is 3.66. The van der Waals surface area contributed by atoms with Crippen LogP contribution in [0.2, 0.25) is 0 Å². The first-order valence-electron chi connectivity index (χ1n) is 4.61. The van der Waals surface area contributed by atoms with Gasteiger partial charge in [0.25, 0.3) is 5.56 Å². The van der Waals surface area contributed by atoms with Crippen molar-refractivity contribution < 1.29 is 4.42 Å². The lowest BCUT2D eigenvalue weighted by molar-refractivity contribution is 0.526. The molecule has 0 spiro atoms. The molecule has 0 aliphatic rings. The fourth-order valence-corrected chi connectivity index (χ4v) is 1.67. The number of aromatic nitrogens is 2. The third-order valence-electron chi connectivity index (χ3n) is 2.91. The Kier molecular flexibility index (Phi) is 1.86. The number of rotatable bonds is 0. The van der Waals surface area contributed by atoms with Crippen molar-refractivity contribution in [2.24, 2.45) is 14.1 Å². The summed E-state index contributed by atoms with van der Waals surface area (Å²) >= 11 is 0. The van der Waals surface area contributed by atoms with Gasteiger partial charge in [0.15, 0.2) is 11.1 Å². The summed E-state index contributed by atoms with van der Waals surface area (Å²) in [6.07, 6.45) is 0. The van der Waals surface area contributed by atoms with Crippen LogP contribution in [-0.4, -0.2) is 9.13 Å². The molecule has 0 aliphatic heterocycles. The van der Waals surface area contributed by atoms with Gasteiger partial charge in [-0.2, -0.15) is 0 Å². The second-order valence-electron chi connectivity index (χ2n) is 3.68. The predicted octanol–water partition coefficient (Wildman–Crippen LogP) is 0.447. The van der Waals surface area contributed by atoms with Crippen LogP contribution in [-0.2, 0) is 14.1 Å². The van der Waals surface area contributed by atoms with Crippen LogP contribution in [0.1, 0.15) is 11.3 Å². The van der Waals surface area contributed by atoms with Crippen LogP contribution < -0.4 is 11.3 Å². The van der Waals surface area contributed by atoms with E-state index >= 15 is 0 Å². The molecule has 0 atom stereocenters. The van der Waals surface area contributed by atoms with Crippen molar-refractivity contribution in [3.8, 4) is 0 Å². The van der Waals surface area contributed by atoms with Gasteiger partial charge in [0, 0.05) is 25.4 Å². The van der Waals surface area contributed by atoms with E-state index in [2.05, 4.69) is 0 Å². The first kappa shape index (κ1) is 9.76. The second-order valence-corrected chi connectivity index (χ2v) is 3.68. The standard InChI is InChI=1S/C10H12N2O3/c1-5-6(2)11(3)9(13)7-8(5)15-10(14)12(7)4/h1-4H3. The van der Waals surface area contributed by atoms with Crippen LogP contribution in [0.3, 0.4) is 0 Å². The van der Waals surface area contributed by atoms with Gasteiger partial charge < -0.3 is 8.98 Å². The SMILES string of the molecule is Cc1c(C)n(C)c(=O)c2c1oc(=O)n2C. The summed E-state index contributed by atoms with van der Waals surface area (Å²) in [5.41, 5.74) is 2.14. The Morgan fingerprint density at radius 3 is 2.27 bits per heavy atom. The number of hydrogen-bond acceptors (Lipinski definition) is 3. The van der Waals surface area contributed by atoms with E-state index < -0.39 is 5.76 Å². The summed E-state index contributed by atoms with van der Waals surface area (Å²) < 4.78 is 7.80. The zero-order valence-electron chi connectivity index (χ0n) is 9.12. The zero-order valence-corrected chi connectivity index (χ0v) is 9.12. The molecule has 5 nitrogen and oxygen atoms in total. The van der Waals surface area contributed by atoms with E-state index in [1.165, 1.54) is 16.2 Å². The third-order valence-corrected chi connectivity index (χ3v) is 2.91. The van der Waals surface area contributed by atoms with Gasteiger partial charge in [-0.05, 0) is 13.8 Å². The molecule has 0 radical (unpaired) electrons. The normalized spacial score (nSPS) is 11.2. The van der Waals surface area contributed by atoms with Gasteiger partial charge in [0.1, 0.15) is 0 Å². The van der Waals surface area contributed by atoms with Crippen LogP contribution in [0.4, 0.5) is 0 Å². The van der Waals surface area contributed by atoms with E-state index in [4.69, 9.17) is 4.42 Å². The van der Waals surface area contributed by atoms with Gasteiger partial charge in [-0.15, -0.1) is 0 Å². The minimum absolute atomic E-state index is 0.207. The lowest BCUT2D eigenvalue weighted by atomic mass is 10.2. The molecule has 2 rings (SSSR count). The quantitative estimate of drug-likeness (QED) is 0.631.